The molecule has 55 heavy (non-hydrogen) atoms. The summed E-state index contributed by atoms with van der Waals surface area (Å²) in [5.41, 5.74) is 0. The lowest BCUT2D eigenvalue weighted by Crippen LogP contribution is -2.37. The van der Waals surface area contributed by atoms with Crippen LogP contribution >= 0.6 is 7.82 Å². The molecule has 2 unspecified atom stereocenters. The second-order valence-corrected chi connectivity index (χ2v) is 15.6. The van der Waals surface area contributed by atoms with Crippen molar-refractivity contribution in [2.75, 3.05) is 54.1 Å². The molecule has 0 aliphatic rings. The van der Waals surface area contributed by atoms with Crippen molar-refractivity contribution in [2.45, 2.75) is 123 Å². The van der Waals surface area contributed by atoms with Gasteiger partial charge < -0.3 is 27.9 Å². The number of hydrogen-bond acceptors (Lipinski definition) is 7. The zero-order chi connectivity index (χ0) is 40.6. The maximum absolute atomic E-state index is 12.6. The van der Waals surface area contributed by atoms with Gasteiger partial charge >= 0.3 is 5.97 Å². The van der Waals surface area contributed by atoms with Crippen LogP contribution in [0.1, 0.15) is 117 Å². The number of nitrogens with zero attached hydrogens (tertiary/aromatic N) is 1. The van der Waals surface area contributed by atoms with E-state index >= 15 is 0 Å². The molecule has 0 aromatic rings. The van der Waals surface area contributed by atoms with Crippen LogP contribution in [0.15, 0.2) is 109 Å². The van der Waals surface area contributed by atoms with E-state index in [0.717, 1.165) is 89.9 Å². The number of unbranched alkanes of at least 4 members (excludes halogenated alkanes) is 4. The Bertz CT molecular complexity index is 1240. The van der Waals surface area contributed by atoms with Crippen LogP contribution < -0.4 is 4.89 Å². The molecule has 0 bridgehead atoms. The van der Waals surface area contributed by atoms with E-state index in [0.29, 0.717) is 24.1 Å². The van der Waals surface area contributed by atoms with Gasteiger partial charge in [-0.1, -0.05) is 130 Å². The molecule has 0 spiro atoms. The predicted octanol–water partition coefficient (Wildman–Crippen LogP) is 11.4. The zero-order valence-corrected chi connectivity index (χ0v) is 36.0. The Kier molecular flexibility index (Phi) is 36.1. The number of esters is 1. The highest BCUT2D eigenvalue weighted by Crippen LogP contribution is 2.38. The number of phosphoric acid groups is 1. The van der Waals surface area contributed by atoms with Crippen molar-refractivity contribution < 1.29 is 37.3 Å². The topological polar surface area (TPSA) is 94.1 Å². The molecule has 0 saturated carbocycles. The van der Waals surface area contributed by atoms with E-state index in [-0.39, 0.29) is 26.2 Å². The van der Waals surface area contributed by atoms with Crippen LogP contribution in [0.3, 0.4) is 0 Å². The van der Waals surface area contributed by atoms with Gasteiger partial charge in [-0.3, -0.25) is 9.36 Å². The molecule has 0 aromatic carbocycles. The number of carbonyl (C=O) groups excluding carboxylic acids is 1. The number of ether oxygens (including phenoxy) is 2. The van der Waals surface area contributed by atoms with Gasteiger partial charge in [0, 0.05) is 13.0 Å². The summed E-state index contributed by atoms with van der Waals surface area (Å²) in [5, 5.41) is 0. The molecule has 312 valence electrons. The van der Waals surface area contributed by atoms with E-state index in [4.69, 9.17) is 18.5 Å². The third-order valence-electron chi connectivity index (χ3n) is 7.82. The highest BCUT2D eigenvalue weighted by molar-refractivity contribution is 7.45. The van der Waals surface area contributed by atoms with E-state index in [1.165, 1.54) is 0 Å². The van der Waals surface area contributed by atoms with E-state index in [1.54, 1.807) is 0 Å². The van der Waals surface area contributed by atoms with E-state index in [9.17, 15) is 14.3 Å². The maximum Gasteiger partial charge on any atom is 0.306 e. The van der Waals surface area contributed by atoms with Crippen molar-refractivity contribution in [3.8, 4) is 0 Å². The van der Waals surface area contributed by atoms with Crippen LogP contribution in [0.2, 0.25) is 0 Å². The molecule has 9 heteroatoms. The summed E-state index contributed by atoms with van der Waals surface area (Å²) < 4.78 is 34.4. The number of likely N-dealkylation sites (N-methyl/N-ethyl adjacent to an activating group) is 1. The fraction of sp³-hybridized carbons (Fsp3) is 0.587. The van der Waals surface area contributed by atoms with Crippen molar-refractivity contribution in [3.63, 3.8) is 0 Å². The molecule has 0 N–H and O–H groups in total. The van der Waals surface area contributed by atoms with E-state index in [1.807, 2.05) is 21.1 Å². The first-order valence-electron chi connectivity index (χ1n) is 20.6. The Balaban J connectivity index is 4.45. The zero-order valence-electron chi connectivity index (χ0n) is 35.1. The minimum Gasteiger partial charge on any atom is -0.756 e. The first kappa shape index (κ1) is 52.2. The summed E-state index contributed by atoms with van der Waals surface area (Å²) >= 11 is 0. The van der Waals surface area contributed by atoms with E-state index in [2.05, 4.69) is 123 Å². The van der Waals surface area contributed by atoms with Crippen LogP contribution in [-0.4, -0.2) is 70.7 Å². The van der Waals surface area contributed by atoms with Crippen molar-refractivity contribution in [2.24, 2.45) is 0 Å². The lowest BCUT2D eigenvalue weighted by molar-refractivity contribution is -0.870. The minimum atomic E-state index is -4.55. The summed E-state index contributed by atoms with van der Waals surface area (Å²) in [4.78, 5) is 25.0. The van der Waals surface area contributed by atoms with E-state index < -0.39 is 19.9 Å². The Labute approximate surface area is 336 Å². The van der Waals surface area contributed by atoms with Crippen LogP contribution in [0, 0.1) is 0 Å². The van der Waals surface area contributed by atoms with Gasteiger partial charge in [-0.25, -0.2) is 0 Å². The van der Waals surface area contributed by atoms with Gasteiger partial charge in [0.15, 0.2) is 0 Å². The van der Waals surface area contributed by atoms with Crippen molar-refractivity contribution in [1.82, 2.24) is 0 Å². The average Bonchev–Trinajstić information content (AvgIpc) is 3.13. The van der Waals surface area contributed by atoms with Crippen LogP contribution in [0.25, 0.3) is 0 Å². The lowest BCUT2D eigenvalue weighted by atomic mass is 10.1. The van der Waals surface area contributed by atoms with Gasteiger partial charge in [-0.05, 0) is 89.9 Å². The number of quaternary nitrogens is 1. The molecule has 8 nitrogen and oxygen atoms in total. The van der Waals surface area contributed by atoms with Crippen molar-refractivity contribution in [3.05, 3.63) is 109 Å². The second-order valence-electron chi connectivity index (χ2n) is 14.2. The summed E-state index contributed by atoms with van der Waals surface area (Å²) in [5.74, 6) is -0.390. The number of rotatable bonds is 36. The van der Waals surface area contributed by atoms with Crippen molar-refractivity contribution in [1.29, 1.82) is 0 Å². The Hall–Kier alpha value is -2.84. The largest absolute Gasteiger partial charge is 0.756 e. The van der Waals surface area contributed by atoms with Crippen LogP contribution in [0.5, 0.6) is 0 Å². The molecule has 0 aliphatic carbocycles. The molecule has 0 saturated heterocycles. The molecule has 0 aliphatic heterocycles. The molecule has 2 atom stereocenters. The average molecular weight is 786 g/mol. The summed E-state index contributed by atoms with van der Waals surface area (Å²) in [7, 11) is 1.27. The molecule has 0 radical (unpaired) electrons. The Morgan fingerprint density at radius 1 is 0.564 bits per heavy atom. The highest BCUT2D eigenvalue weighted by Gasteiger charge is 2.20. The van der Waals surface area contributed by atoms with Gasteiger partial charge in [0.05, 0.1) is 34.4 Å². The predicted molar refractivity (Wildman–Crippen MR) is 231 cm³/mol. The Morgan fingerprint density at radius 3 is 1.45 bits per heavy atom. The number of carbonyl (C=O) groups is 1. The Morgan fingerprint density at radius 2 is 1.00 bits per heavy atom. The molecule has 0 fully saturated rings. The fourth-order valence-corrected chi connectivity index (χ4v) is 5.42. The quantitative estimate of drug-likeness (QED) is 0.0205. The number of phosphoric ester groups is 1. The third kappa shape index (κ3) is 42.1. The first-order chi connectivity index (χ1) is 26.6. The number of allylic oxidation sites excluding steroid dienone is 18. The molecule has 0 rings (SSSR count). The normalized spacial score (nSPS) is 14.9. The van der Waals surface area contributed by atoms with Gasteiger partial charge in [0.25, 0.3) is 7.82 Å². The highest BCUT2D eigenvalue weighted by atomic mass is 31.2. The van der Waals surface area contributed by atoms with Crippen molar-refractivity contribution >= 4 is 13.8 Å². The fourth-order valence-electron chi connectivity index (χ4n) is 4.69. The minimum absolute atomic E-state index is 0.00214. The van der Waals surface area contributed by atoms with Gasteiger partial charge in [-0.15, -0.1) is 0 Å². The molecule has 0 heterocycles. The first-order valence-corrected chi connectivity index (χ1v) is 22.1. The maximum atomic E-state index is 12.6. The number of hydrogen-bond donors (Lipinski definition) is 0. The van der Waals surface area contributed by atoms with Gasteiger partial charge in [0.2, 0.25) is 0 Å². The molecule has 0 amide bonds. The SMILES string of the molecule is CC/C=C\C/C=C\C/C=C\C/C=C\C/C=C\CCCCCC(=O)OC(COCCC/C=C\C/C=C\C/C=C\C/C=C\CC)COP(=O)([O-])OCC[N+](C)(C)C. The second kappa shape index (κ2) is 38.1. The lowest BCUT2D eigenvalue weighted by Gasteiger charge is -2.28. The monoisotopic (exact) mass is 786 g/mol. The molecular formula is C46H76NO7P. The van der Waals surface area contributed by atoms with Gasteiger partial charge in [0.1, 0.15) is 19.3 Å². The third-order valence-corrected chi connectivity index (χ3v) is 8.78. The summed E-state index contributed by atoms with van der Waals surface area (Å²) in [6.07, 6.45) is 52.6. The summed E-state index contributed by atoms with van der Waals surface area (Å²) in [6, 6.07) is 0. The smallest absolute Gasteiger partial charge is 0.306 e. The van der Waals surface area contributed by atoms with Gasteiger partial charge in [-0.2, -0.15) is 0 Å². The molecule has 0 aromatic heterocycles. The summed E-state index contributed by atoms with van der Waals surface area (Å²) in [6.45, 7) is 4.93. The standard InChI is InChI=1S/C46H76NO7P/c1-6-8-10-12-14-16-18-20-22-23-24-25-26-27-29-31-33-35-37-39-46(48)54-45(44-53-55(49,50)52-42-40-47(3,4)5)43-51-41-38-36-34-32-30-28-21-19-17-15-13-11-9-7-2/h8-11,14-17,20-22,24-25,27-29,32,34,45H,6-7,12-13,18-19,23,26,30-31,33,35-44H2,1-5H3/b10-8-,11-9-,16-14-,17-15-,22-20-,25-24-,28-21-,29-27-,34-32-. The molecular weight excluding hydrogens is 709 g/mol. The van der Waals surface area contributed by atoms with Crippen LogP contribution in [0.4, 0.5) is 0 Å². The van der Waals surface area contributed by atoms with Crippen LogP contribution in [-0.2, 0) is 27.9 Å².